The van der Waals surface area contributed by atoms with Crippen LogP contribution in [-0.2, 0) is 6.42 Å². The third kappa shape index (κ3) is 3.57. The van der Waals surface area contributed by atoms with Crippen molar-refractivity contribution in [3.05, 3.63) is 88.6 Å². The summed E-state index contributed by atoms with van der Waals surface area (Å²) >= 11 is 0. The molecule has 0 aliphatic carbocycles. The van der Waals surface area contributed by atoms with Crippen molar-refractivity contribution < 1.29 is 13.6 Å². The van der Waals surface area contributed by atoms with Crippen molar-refractivity contribution in [3.63, 3.8) is 0 Å². The lowest BCUT2D eigenvalue weighted by Gasteiger charge is -2.07. The molecule has 0 saturated heterocycles. The molecule has 6 heteroatoms. The van der Waals surface area contributed by atoms with E-state index in [2.05, 4.69) is 4.98 Å². The molecule has 0 saturated carbocycles. The zero-order valence-corrected chi connectivity index (χ0v) is 13.5. The van der Waals surface area contributed by atoms with Gasteiger partial charge in [0.25, 0.3) is 0 Å². The van der Waals surface area contributed by atoms with E-state index in [-0.39, 0.29) is 5.56 Å². The van der Waals surface area contributed by atoms with E-state index in [1.165, 1.54) is 6.07 Å². The molecule has 0 radical (unpaired) electrons. The molecule has 26 heavy (non-hydrogen) atoms. The van der Waals surface area contributed by atoms with Crippen molar-refractivity contribution >= 4 is 5.91 Å². The summed E-state index contributed by atoms with van der Waals surface area (Å²) < 4.78 is 27.1. The minimum Gasteiger partial charge on any atom is -0.366 e. The van der Waals surface area contributed by atoms with Gasteiger partial charge in [-0.3, -0.25) is 9.78 Å². The summed E-state index contributed by atoms with van der Waals surface area (Å²) in [6.07, 6.45) is 1.89. The van der Waals surface area contributed by atoms with Crippen molar-refractivity contribution in [2.75, 3.05) is 0 Å². The monoisotopic (exact) mass is 349 g/mol. The summed E-state index contributed by atoms with van der Waals surface area (Å²) in [7, 11) is 0. The number of benzene rings is 2. The van der Waals surface area contributed by atoms with Crippen LogP contribution in [-0.4, -0.2) is 10.9 Å². The van der Waals surface area contributed by atoms with Gasteiger partial charge in [0.1, 0.15) is 6.07 Å². The molecule has 1 amide bonds. The highest BCUT2D eigenvalue weighted by Gasteiger charge is 2.11. The second kappa shape index (κ2) is 7.11. The van der Waals surface area contributed by atoms with Gasteiger partial charge in [-0.25, -0.2) is 8.78 Å². The third-order valence-electron chi connectivity index (χ3n) is 3.88. The standard InChI is InChI=1S/C20H13F2N3O/c21-17-8-13(7-16(11-23)19(17)22)6-12-4-5-25-18(9-12)14-2-1-3-15(10-14)20(24)26/h1-5,7-10H,6H2,(H2,24,26). The molecule has 0 fully saturated rings. The molecule has 3 aromatic rings. The summed E-state index contributed by atoms with van der Waals surface area (Å²) in [5.41, 5.74) is 7.94. The van der Waals surface area contributed by atoms with Gasteiger partial charge in [0.2, 0.25) is 5.91 Å². The van der Waals surface area contributed by atoms with Crippen LogP contribution in [0.3, 0.4) is 0 Å². The molecule has 0 aliphatic rings. The molecule has 0 unspecified atom stereocenters. The van der Waals surface area contributed by atoms with Crippen LogP contribution in [0.2, 0.25) is 0 Å². The number of hydrogen-bond acceptors (Lipinski definition) is 3. The Labute approximate surface area is 148 Å². The molecule has 1 aromatic heterocycles. The Morgan fingerprint density at radius 3 is 2.65 bits per heavy atom. The molecule has 0 aliphatic heterocycles. The van der Waals surface area contributed by atoms with Crippen LogP contribution in [0, 0.1) is 23.0 Å². The predicted octanol–water partition coefficient (Wildman–Crippen LogP) is 3.59. The number of nitrogens with zero attached hydrogens (tertiary/aromatic N) is 2. The summed E-state index contributed by atoms with van der Waals surface area (Å²) in [5.74, 6) is -2.73. The zero-order valence-electron chi connectivity index (χ0n) is 13.5. The second-order valence-corrected chi connectivity index (χ2v) is 5.72. The highest BCUT2D eigenvalue weighted by atomic mass is 19.2. The van der Waals surface area contributed by atoms with E-state index in [4.69, 9.17) is 11.0 Å². The largest absolute Gasteiger partial charge is 0.366 e. The smallest absolute Gasteiger partial charge is 0.248 e. The average molecular weight is 349 g/mol. The molecule has 0 atom stereocenters. The van der Waals surface area contributed by atoms with Crippen LogP contribution in [0.4, 0.5) is 8.78 Å². The fraction of sp³-hybridized carbons (Fsp3) is 0.0500. The summed E-state index contributed by atoms with van der Waals surface area (Å²) in [6, 6.07) is 14.3. The number of carbonyl (C=O) groups is 1. The van der Waals surface area contributed by atoms with Crippen LogP contribution < -0.4 is 5.73 Å². The van der Waals surface area contributed by atoms with Gasteiger partial charge in [0.05, 0.1) is 11.3 Å². The van der Waals surface area contributed by atoms with Crippen LogP contribution in [0.5, 0.6) is 0 Å². The van der Waals surface area contributed by atoms with Crippen molar-refractivity contribution in [3.8, 4) is 17.3 Å². The first-order valence-electron chi connectivity index (χ1n) is 7.71. The predicted molar refractivity (Wildman–Crippen MR) is 92.1 cm³/mol. The number of rotatable bonds is 4. The molecule has 128 valence electrons. The maximum absolute atomic E-state index is 13.6. The number of amides is 1. The third-order valence-corrected chi connectivity index (χ3v) is 3.88. The molecule has 4 nitrogen and oxygen atoms in total. The van der Waals surface area contributed by atoms with Crippen molar-refractivity contribution in [2.45, 2.75) is 6.42 Å². The van der Waals surface area contributed by atoms with E-state index in [1.807, 2.05) is 0 Å². The van der Waals surface area contributed by atoms with Crippen molar-refractivity contribution in [1.82, 2.24) is 4.98 Å². The number of carbonyl (C=O) groups excluding carboxylic acids is 1. The minimum absolute atomic E-state index is 0.302. The van der Waals surface area contributed by atoms with Gasteiger partial charge < -0.3 is 5.73 Å². The lowest BCUT2D eigenvalue weighted by molar-refractivity contribution is 0.100. The van der Waals surface area contributed by atoms with Crippen LogP contribution >= 0.6 is 0 Å². The Bertz CT molecular complexity index is 1040. The molecule has 0 spiro atoms. The maximum Gasteiger partial charge on any atom is 0.248 e. The number of nitriles is 1. The number of primary amides is 1. The Hall–Kier alpha value is -3.59. The van der Waals surface area contributed by atoms with E-state index >= 15 is 0 Å². The van der Waals surface area contributed by atoms with Gasteiger partial charge in [0.15, 0.2) is 11.6 Å². The van der Waals surface area contributed by atoms with E-state index in [1.54, 1.807) is 48.7 Å². The highest BCUT2D eigenvalue weighted by molar-refractivity contribution is 5.94. The van der Waals surface area contributed by atoms with E-state index in [9.17, 15) is 13.6 Å². The summed E-state index contributed by atoms with van der Waals surface area (Å²) in [4.78, 5) is 15.6. The maximum atomic E-state index is 13.6. The average Bonchev–Trinajstić information content (AvgIpc) is 2.65. The fourth-order valence-corrected chi connectivity index (χ4v) is 2.64. The van der Waals surface area contributed by atoms with Crippen molar-refractivity contribution in [1.29, 1.82) is 5.26 Å². The van der Waals surface area contributed by atoms with Crippen molar-refractivity contribution in [2.24, 2.45) is 5.73 Å². The van der Waals surface area contributed by atoms with Crippen LogP contribution in [0.15, 0.2) is 54.7 Å². The lowest BCUT2D eigenvalue weighted by atomic mass is 10.0. The first-order valence-corrected chi connectivity index (χ1v) is 7.71. The Morgan fingerprint density at radius 2 is 1.92 bits per heavy atom. The molecular weight excluding hydrogens is 336 g/mol. The summed E-state index contributed by atoms with van der Waals surface area (Å²) in [6.45, 7) is 0. The molecular formula is C20H13F2N3O. The van der Waals surface area contributed by atoms with Gasteiger partial charge in [-0.1, -0.05) is 12.1 Å². The topological polar surface area (TPSA) is 79.8 Å². The van der Waals surface area contributed by atoms with Gasteiger partial charge in [-0.2, -0.15) is 5.26 Å². The molecule has 2 aromatic carbocycles. The first kappa shape index (κ1) is 17.2. The van der Waals surface area contributed by atoms with E-state index in [0.29, 0.717) is 28.8 Å². The van der Waals surface area contributed by atoms with Gasteiger partial charge in [-0.15, -0.1) is 0 Å². The van der Waals surface area contributed by atoms with Gasteiger partial charge in [0, 0.05) is 17.3 Å². The molecule has 2 N–H and O–H groups in total. The number of aromatic nitrogens is 1. The Balaban J connectivity index is 1.94. The molecule has 0 bridgehead atoms. The quantitative estimate of drug-likeness (QED) is 0.782. The second-order valence-electron chi connectivity index (χ2n) is 5.72. The van der Waals surface area contributed by atoms with Crippen LogP contribution in [0.25, 0.3) is 11.3 Å². The van der Waals surface area contributed by atoms with Gasteiger partial charge >= 0.3 is 0 Å². The number of halogens is 2. The molecule has 1 heterocycles. The highest BCUT2D eigenvalue weighted by Crippen LogP contribution is 2.22. The SMILES string of the molecule is N#Cc1cc(Cc2ccnc(-c3cccc(C(N)=O)c3)c2)cc(F)c1F. The zero-order chi connectivity index (χ0) is 18.7. The first-order chi connectivity index (χ1) is 12.5. The Kier molecular flexibility index (Phi) is 4.72. The fourth-order valence-electron chi connectivity index (χ4n) is 2.64. The number of pyridine rings is 1. The van der Waals surface area contributed by atoms with Gasteiger partial charge in [-0.05, 0) is 53.9 Å². The lowest BCUT2D eigenvalue weighted by Crippen LogP contribution is -2.10. The minimum atomic E-state index is -1.14. The van der Waals surface area contributed by atoms with E-state index in [0.717, 1.165) is 11.6 Å². The number of hydrogen-bond donors (Lipinski definition) is 1. The van der Waals surface area contributed by atoms with E-state index < -0.39 is 17.5 Å². The Morgan fingerprint density at radius 1 is 1.12 bits per heavy atom. The number of nitrogens with two attached hydrogens (primary N) is 1. The normalized spacial score (nSPS) is 10.3. The van der Waals surface area contributed by atoms with Crippen LogP contribution in [0.1, 0.15) is 27.0 Å². The molecule has 3 rings (SSSR count). The summed E-state index contributed by atoms with van der Waals surface area (Å²) in [5, 5.41) is 8.89.